The highest BCUT2D eigenvalue weighted by atomic mass is 35.5. The fraction of sp³-hybridized carbons (Fsp3) is 0.111. The van der Waals surface area contributed by atoms with E-state index in [0.717, 1.165) is 5.69 Å². The molecule has 1 amide bonds. The van der Waals surface area contributed by atoms with Gasteiger partial charge in [-0.1, -0.05) is 41.0 Å². The van der Waals surface area contributed by atoms with Crippen molar-refractivity contribution in [2.45, 2.75) is 17.3 Å². The van der Waals surface area contributed by atoms with Crippen LogP contribution in [-0.4, -0.2) is 25.6 Å². The average Bonchev–Trinajstić information content (AvgIpc) is 3.11. The first kappa shape index (κ1) is 20.2. The van der Waals surface area contributed by atoms with E-state index in [2.05, 4.69) is 10.3 Å². The number of amides is 1. The lowest BCUT2D eigenvalue weighted by molar-refractivity contribution is -0.384. The van der Waals surface area contributed by atoms with Gasteiger partial charge in [0.2, 0.25) is 5.91 Å². The Morgan fingerprint density at radius 1 is 1.29 bits per heavy atom. The van der Waals surface area contributed by atoms with Gasteiger partial charge in [0, 0.05) is 35.2 Å². The van der Waals surface area contributed by atoms with Crippen LogP contribution in [0.1, 0.15) is 6.92 Å². The number of aromatic nitrogens is 2. The number of carbonyl (C=O) groups excluding carboxylic acids is 1. The standard InChI is InChI=1S/C18H14Cl2N4O3S/c1-11(17(25)22-16-6-5-14(24(26)27)10-15(16)20)28-18-21-7-8-23(18)13-4-2-3-12(19)9-13/h2-11H,1H3,(H,22,25). The Morgan fingerprint density at radius 3 is 2.75 bits per heavy atom. The van der Waals surface area contributed by atoms with E-state index in [1.165, 1.54) is 30.0 Å². The van der Waals surface area contributed by atoms with Gasteiger partial charge < -0.3 is 5.32 Å². The monoisotopic (exact) mass is 436 g/mol. The number of nitrogens with zero attached hydrogens (tertiary/aromatic N) is 3. The van der Waals surface area contributed by atoms with Crippen LogP contribution in [-0.2, 0) is 4.79 Å². The number of rotatable bonds is 6. The molecule has 1 aromatic heterocycles. The van der Waals surface area contributed by atoms with E-state index in [1.807, 2.05) is 16.7 Å². The van der Waals surface area contributed by atoms with E-state index in [9.17, 15) is 14.9 Å². The minimum Gasteiger partial charge on any atom is -0.324 e. The van der Waals surface area contributed by atoms with Gasteiger partial charge in [0.05, 0.1) is 20.9 Å². The van der Waals surface area contributed by atoms with Crippen molar-refractivity contribution in [3.05, 3.63) is 75.0 Å². The molecule has 3 aromatic rings. The van der Waals surface area contributed by atoms with Gasteiger partial charge in [-0.15, -0.1) is 0 Å². The first-order valence-electron chi connectivity index (χ1n) is 8.06. The van der Waals surface area contributed by atoms with Crippen molar-refractivity contribution in [1.82, 2.24) is 9.55 Å². The maximum absolute atomic E-state index is 12.5. The zero-order valence-electron chi connectivity index (χ0n) is 14.5. The van der Waals surface area contributed by atoms with Gasteiger partial charge in [0.25, 0.3) is 5.69 Å². The van der Waals surface area contributed by atoms with E-state index in [-0.39, 0.29) is 16.6 Å². The summed E-state index contributed by atoms with van der Waals surface area (Å²) >= 11 is 13.3. The maximum atomic E-state index is 12.5. The lowest BCUT2D eigenvalue weighted by atomic mass is 10.2. The van der Waals surface area contributed by atoms with Crippen molar-refractivity contribution in [2.24, 2.45) is 0 Å². The van der Waals surface area contributed by atoms with Gasteiger partial charge in [0.1, 0.15) is 0 Å². The predicted molar refractivity (Wildman–Crippen MR) is 111 cm³/mol. The minimum absolute atomic E-state index is 0.0974. The number of halogens is 2. The molecule has 1 N–H and O–H groups in total. The number of nitro benzene ring substituents is 1. The Bertz CT molecular complexity index is 1040. The van der Waals surface area contributed by atoms with Gasteiger partial charge >= 0.3 is 0 Å². The first-order chi connectivity index (χ1) is 13.3. The van der Waals surface area contributed by atoms with E-state index in [0.29, 0.717) is 15.9 Å². The quantitative estimate of drug-likeness (QED) is 0.325. The zero-order chi connectivity index (χ0) is 20.3. The molecule has 0 radical (unpaired) electrons. The molecule has 0 spiro atoms. The van der Waals surface area contributed by atoms with Crippen LogP contribution in [0.15, 0.2) is 60.0 Å². The second-order valence-electron chi connectivity index (χ2n) is 5.73. The molecule has 2 aromatic carbocycles. The van der Waals surface area contributed by atoms with Crippen LogP contribution >= 0.6 is 35.0 Å². The van der Waals surface area contributed by atoms with Gasteiger partial charge in [-0.25, -0.2) is 4.98 Å². The maximum Gasteiger partial charge on any atom is 0.271 e. The summed E-state index contributed by atoms with van der Waals surface area (Å²) in [5, 5.41) is 14.3. The molecular formula is C18H14Cl2N4O3S. The summed E-state index contributed by atoms with van der Waals surface area (Å²) in [6, 6.07) is 11.2. The third-order valence-electron chi connectivity index (χ3n) is 3.77. The van der Waals surface area contributed by atoms with Crippen molar-refractivity contribution in [3.63, 3.8) is 0 Å². The Morgan fingerprint density at radius 2 is 2.07 bits per heavy atom. The minimum atomic E-state index is -0.550. The second-order valence-corrected chi connectivity index (χ2v) is 7.88. The SMILES string of the molecule is CC(Sc1nccn1-c1cccc(Cl)c1)C(=O)Nc1ccc([N+](=O)[O-])cc1Cl. The molecule has 144 valence electrons. The van der Waals surface area contributed by atoms with Crippen LogP contribution in [0.2, 0.25) is 10.0 Å². The van der Waals surface area contributed by atoms with Crippen LogP contribution in [0.3, 0.4) is 0 Å². The summed E-state index contributed by atoms with van der Waals surface area (Å²) in [6.07, 6.45) is 3.42. The van der Waals surface area contributed by atoms with E-state index >= 15 is 0 Å². The lowest BCUT2D eigenvalue weighted by Crippen LogP contribution is -2.23. The highest BCUT2D eigenvalue weighted by Crippen LogP contribution is 2.29. The molecule has 3 rings (SSSR count). The van der Waals surface area contributed by atoms with Gasteiger partial charge in [-0.3, -0.25) is 19.5 Å². The van der Waals surface area contributed by atoms with Crippen LogP contribution in [0.5, 0.6) is 0 Å². The second kappa shape index (κ2) is 8.64. The molecule has 0 saturated carbocycles. The highest BCUT2D eigenvalue weighted by molar-refractivity contribution is 8.00. The molecule has 0 aliphatic carbocycles. The number of hydrogen-bond acceptors (Lipinski definition) is 5. The van der Waals surface area contributed by atoms with Gasteiger partial charge in [0.15, 0.2) is 5.16 Å². The van der Waals surface area contributed by atoms with Crippen molar-refractivity contribution in [1.29, 1.82) is 0 Å². The number of thioether (sulfide) groups is 1. The molecule has 10 heteroatoms. The largest absolute Gasteiger partial charge is 0.324 e. The van der Waals surface area contributed by atoms with E-state index in [4.69, 9.17) is 23.2 Å². The Balaban J connectivity index is 1.72. The molecular weight excluding hydrogens is 423 g/mol. The number of benzene rings is 2. The molecule has 0 fully saturated rings. The van der Waals surface area contributed by atoms with Crippen LogP contribution in [0.4, 0.5) is 11.4 Å². The molecule has 0 aliphatic heterocycles. The summed E-state index contributed by atoms with van der Waals surface area (Å²) in [7, 11) is 0. The summed E-state index contributed by atoms with van der Waals surface area (Å²) in [5.41, 5.74) is 0.996. The molecule has 0 aliphatic rings. The van der Waals surface area contributed by atoms with Crippen LogP contribution in [0, 0.1) is 10.1 Å². The molecule has 28 heavy (non-hydrogen) atoms. The Hall–Kier alpha value is -2.55. The number of nitrogens with one attached hydrogen (secondary N) is 1. The van der Waals surface area contributed by atoms with Gasteiger partial charge in [-0.2, -0.15) is 0 Å². The molecule has 1 unspecified atom stereocenters. The average molecular weight is 437 g/mol. The molecule has 7 nitrogen and oxygen atoms in total. The zero-order valence-corrected chi connectivity index (χ0v) is 16.8. The van der Waals surface area contributed by atoms with Gasteiger partial charge in [-0.05, 0) is 31.2 Å². The molecule has 1 heterocycles. The third-order valence-corrected chi connectivity index (χ3v) is 5.39. The van der Waals surface area contributed by atoms with Crippen molar-refractivity contribution in [2.75, 3.05) is 5.32 Å². The topological polar surface area (TPSA) is 90.1 Å². The Labute approximate surface area is 174 Å². The summed E-state index contributed by atoms with van der Waals surface area (Å²) in [6.45, 7) is 1.73. The van der Waals surface area contributed by atoms with Crippen LogP contribution < -0.4 is 5.32 Å². The Kier molecular flexibility index (Phi) is 6.23. The third kappa shape index (κ3) is 4.64. The number of imidazole rings is 1. The summed E-state index contributed by atoms with van der Waals surface area (Å²) in [4.78, 5) is 27.1. The highest BCUT2D eigenvalue weighted by Gasteiger charge is 2.19. The van der Waals surface area contributed by atoms with Crippen molar-refractivity contribution >= 4 is 52.2 Å². The number of anilines is 1. The van der Waals surface area contributed by atoms with Crippen LogP contribution in [0.25, 0.3) is 5.69 Å². The normalized spacial score (nSPS) is 11.8. The van der Waals surface area contributed by atoms with E-state index in [1.54, 1.807) is 31.5 Å². The summed E-state index contributed by atoms with van der Waals surface area (Å²) < 4.78 is 1.83. The molecule has 0 bridgehead atoms. The van der Waals surface area contributed by atoms with Crippen molar-refractivity contribution < 1.29 is 9.72 Å². The van der Waals surface area contributed by atoms with Crippen molar-refractivity contribution in [3.8, 4) is 5.69 Å². The number of nitro groups is 1. The first-order valence-corrected chi connectivity index (χ1v) is 9.69. The lowest BCUT2D eigenvalue weighted by Gasteiger charge is -2.14. The number of non-ortho nitro benzene ring substituents is 1. The number of carbonyl (C=O) groups is 1. The fourth-order valence-corrected chi connectivity index (χ4v) is 3.65. The fourth-order valence-electron chi connectivity index (χ4n) is 2.36. The van der Waals surface area contributed by atoms with E-state index < -0.39 is 10.2 Å². The molecule has 0 saturated heterocycles. The smallest absolute Gasteiger partial charge is 0.271 e. The molecule has 1 atom stereocenters. The predicted octanol–water partition coefficient (Wildman–Crippen LogP) is 5.21. The number of hydrogen-bond donors (Lipinski definition) is 1. The summed E-state index contributed by atoms with van der Waals surface area (Å²) in [5.74, 6) is -0.304.